The van der Waals surface area contributed by atoms with Crippen molar-refractivity contribution in [3.8, 4) is 0 Å². The van der Waals surface area contributed by atoms with E-state index in [9.17, 15) is 32.4 Å². The first-order valence-electron chi connectivity index (χ1n) is 9.76. The Morgan fingerprint density at radius 2 is 2.06 bits per heavy atom. The van der Waals surface area contributed by atoms with Gasteiger partial charge < -0.3 is 14.9 Å². The maximum atomic E-state index is 14.9. The number of halogens is 2. The fourth-order valence-corrected chi connectivity index (χ4v) is 5.54. The smallest absolute Gasteiger partial charge is 0.362 e. The van der Waals surface area contributed by atoms with Crippen LogP contribution in [0.1, 0.15) is 19.4 Å². The Balaban J connectivity index is 1.70. The molecule has 1 saturated carbocycles. The molecule has 4 aromatic rings. The molecule has 176 valence electrons. The van der Waals surface area contributed by atoms with Crippen LogP contribution in [-0.4, -0.2) is 45.2 Å². The number of H-pyrrole nitrogens is 1. The summed E-state index contributed by atoms with van der Waals surface area (Å²) in [4.78, 5) is 36.6. The molecular weight excluding hydrogens is 495 g/mol. The molecule has 0 amide bonds. The second kappa shape index (κ2) is 7.40. The second-order valence-corrected chi connectivity index (χ2v) is 10.0. The third-order valence-electron chi connectivity index (χ3n) is 5.52. The van der Waals surface area contributed by atoms with E-state index in [0.29, 0.717) is 6.42 Å². The molecule has 1 aliphatic rings. The van der Waals surface area contributed by atoms with Crippen molar-refractivity contribution in [3.05, 3.63) is 62.1 Å². The van der Waals surface area contributed by atoms with Crippen LogP contribution in [0.4, 0.5) is 4.39 Å². The zero-order valence-electron chi connectivity index (χ0n) is 17.2. The van der Waals surface area contributed by atoms with Crippen LogP contribution in [-0.2, 0) is 19.4 Å². The van der Waals surface area contributed by atoms with Gasteiger partial charge in [0.15, 0.2) is 0 Å². The minimum absolute atomic E-state index is 0.0602. The first-order valence-corrected chi connectivity index (χ1v) is 11.6. The molecule has 0 spiro atoms. The summed E-state index contributed by atoms with van der Waals surface area (Å²) >= 11 is 6.01. The van der Waals surface area contributed by atoms with Crippen molar-refractivity contribution in [2.24, 2.45) is 0 Å². The highest BCUT2D eigenvalue weighted by atomic mass is 35.5. The molecule has 34 heavy (non-hydrogen) atoms. The van der Waals surface area contributed by atoms with Gasteiger partial charge in [-0.05, 0) is 24.3 Å². The van der Waals surface area contributed by atoms with Gasteiger partial charge in [-0.3, -0.25) is 14.3 Å². The van der Waals surface area contributed by atoms with Crippen molar-refractivity contribution < 1.29 is 27.5 Å². The summed E-state index contributed by atoms with van der Waals surface area (Å²) in [6.07, 6.45) is 1.21. The van der Waals surface area contributed by atoms with E-state index in [4.69, 9.17) is 16.3 Å². The van der Waals surface area contributed by atoms with E-state index in [0.717, 1.165) is 18.2 Å². The van der Waals surface area contributed by atoms with Crippen molar-refractivity contribution in [2.75, 3.05) is 0 Å². The molecule has 2 heterocycles. The number of esters is 1. The number of hydrogen-bond acceptors (Lipinski definition) is 8. The standard InChI is InChI=1S/C20H14ClFN4O7S/c1-8(27)33-15-6-14(15)25-13-5-9(4-12(22)10(13)7-23-25)34(31,32)16-3-2-11(21)17-18(16)24-20(29)26(30)19(17)28/h2-5,7,14-15,30H,6H2,1H3,(H,24,29)/t14-,15-/m1/s1. The van der Waals surface area contributed by atoms with E-state index in [1.165, 1.54) is 23.9 Å². The average molecular weight is 509 g/mol. The zero-order valence-corrected chi connectivity index (χ0v) is 18.7. The highest BCUT2D eigenvalue weighted by molar-refractivity contribution is 7.91. The van der Waals surface area contributed by atoms with Gasteiger partial charge in [-0.25, -0.2) is 17.6 Å². The number of sulfone groups is 1. The van der Waals surface area contributed by atoms with Crippen molar-refractivity contribution in [1.82, 2.24) is 19.5 Å². The molecule has 5 rings (SSSR count). The maximum Gasteiger partial charge on any atom is 0.362 e. The van der Waals surface area contributed by atoms with Crippen LogP contribution in [0.5, 0.6) is 0 Å². The predicted molar refractivity (Wildman–Crippen MR) is 115 cm³/mol. The van der Waals surface area contributed by atoms with E-state index in [-0.39, 0.29) is 26.7 Å². The Bertz CT molecular complexity index is 1760. The summed E-state index contributed by atoms with van der Waals surface area (Å²) in [5.41, 5.74) is -2.77. The quantitative estimate of drug-likeness (QED) is 0.312. The minimum Gasteiger partial charge on any atom is -0.460 e. The van der Waals surface area contributed by atoms with E-state index in [1.54, 1.807) is 0 Å². The molecule has 0 unspecified atom stereocenters. The Labute approximate surface area is 193 Å². The van der Waals surface area contributed by atoms with Crippen LogP contribution < -0.4 is 11.2 Å². The number of carbonyl (C=O) groups is 1. The monoisotopic (exact) mass is 508 g/mol. The molecule has 2 aromatic heterocycles. The molecule has 1 aliphatic carbocycles. The van der Waals surface area contributed by atoms with Crippen LogP contribution in [0.3, 0.4) is 0 Å². The number of carbonyl (C=O) groups excluding carboxylic acids is 1. The Morgan fingerprint density at radius 3 is 2.76 bits per heavy atom. The summed E-state index contributed by atoms with van der Waals surface area (Å²) in [6, 6.07) is 3.80. The number of aromatic nitrogens is 4. The van der Waals surface area contributed by atoms with E-state index >= 15 is 0 Å². The van der Waals surface area contributed by atoms with Crippen molar-refractivity contribution >= 4 is 49.2 Å². The van der Waals surface area contributed by atoms with Crippen LogP contribution in [0.2, 0.25) is 5.02 Å². The summed E-state index contributed by atoms with van der Waals surface area (Å²) in [6.45, 7) is 1.26. The topological polar surface area (TPSA) is 153 Å². The van der Waals surface area contributed by atoms with E-state index in [1.807, 2.05) is 0 Å². The molecule has 2 atom stereocenters. The molecule has 0 saturated heterocycles. The predicted octanol–water partition coefficient (Wildman–Crippen LogP) is 1.78. The maximum absolute atomic E-state index is 14.9. The Kier molecular flexibility index (Phi) is 4.81. The number of fused-ring (bicyclic) bond motifs is 2. The van der Waals surface area contributed by atoms with Crippen LogP contribution in [0, 0.1) is 5.82 Å². The third kappa shape index (κ3) is 3.27. The van der Waals surface area contributed by atoms with Crippen LogP contribution in [0.15, 0.2) is 49.8 Å². The SMILES string of the molecule is CC(=O)O[C@@H]1C[C@H]1n1ncc2c(F)cc(S(=O)(=O)c3ccc(Cl)c4c(=O)n(O)c(=O)[nH]c34)cc21. The van der Waals surface area contributed by atoms with E-state index < -0.39 is 59.7 Å². The largest absolute Gasteiger partial charge is 0.460 e. The zero-order chi connectivity index (χ0) is 24.5. The van der Waals surface area contributed by atoms with Crippen molar-refractivity contribution in [3.63, 3.8) is 0 Å². The summed E-state index contributed by atoms with van der Waals surface area (Å²) in [5.74, 6) is -1.35. The fourth-order valence-electron chi connectivity index (χ4n) is 3.85. The van der Waals surface area contributed by atoms with Crippen molar-refractivity contribution in [2.45, 2.75) is 35.3 Å². The van der Waals surface area contributed by atoms with Gasteiger partial charge in [0.2, 0.25) is 9.84 Å². The van der Waals surface area contributed by atoms with Gasteiger partial charge in [-0.15, -0.1) is 0 Å². The highest BCUT2D eigenvalue weighted by Crippen LogP contribution is 2.41. The number of ether oxygens (including phenoxy) is 1. The molecule has 1 fully saturated rings. The lowest BCUT2D eigenvalue weighted by Gasteiger charge is -2.11. The van der Waals surface area contributed by atoms with Gasteiger partial charge in [0.05, 0.1) is 48.9 Å². The summed E-state index contributed by atoms with van der Waals surface area (Å²) in [7, 11) is -4.50. The van der Waals surface area contributed by atoms with Crippen LogP contribution in [0.25, 0.3) is 21.8 Å². The fraction of sp³-hybridized carbons (Fsp3) is 0.200. The minimum atomic E-state index is -4.50. The number of nitrogens with one attached hydrogen (secondary N) is 1. The molecular formula is C20H14ClFN4O7S. The lowest BCUT2D eigenvalue weighted by molar-refractivity contribution is -0.142. The van der Waals surface area contributed by atoms with Crippen LogP contribution >= 0.6 is 11.6 Å². The van der Waals surface area contributed by atoms with Crippen molar-refractivity contribution in [1.29, 1.82) is 0 Å². The number of nitrogens with zero attached hydrogens (tertiary/aromatic N) is 3. The van der Waals surface area contributed by atoms with Gasteiger partial charge in [0.1, 0.15) is 11.9 Å². The summed E-state index contributed by atoms with van der Waals surface area (Å²) in [5, 5.41) is 13.1. The molecule has 0 bridgehead atoms. The highest BCUT2D eigenvalue weighted by Gasteiger charge is 2.43. The molecule has 2 aromatic carbocycles. The molecule has 11 nitrogen and oxygen atoms in total. The third-order valence-corrected chi connectivity index (χ3v) is 7.61. The first-order chi connectivity index (χ1) is 16.0. The van der Waals surface area contributed by atoms with Gasteiger partial charge in [0.25, 0.3) is 5.56 Å². The van der Waals surface area contributed by atoms with Gasteiger partial charge >= 0.3 is 11.7 Å². The molecule has 0 radical (unpaired) electrons. The van der Waals surface area contributed by atoms with Gasteiger partial charge in [0, 0.05) is 13.3 Å². The van der Waals surface area contributed by atoms with E-state index in [2.05, 4.69) is 10.1 Å². The van der Waals surface area contributed by atoms with Gasteiger partial charge in [-0.2, -0.15) is 5.10 Å². The average Bonchev–Trinajstić information content (AvgIpc) is 3.36. The molecule has 0 aliphatic heterocycles. The lowest BCUT2D eigenvalue weighted by Crippen LogP contribution is -2.33. The van der Waals surface area contributed by atoms with Gasteiger partial charge in [-0.1, -0.05) is 16.3 Å². The Hall–Kier alpha value is -3.71. The number of benzene rings is 2. The Morgan fingerprint density at radius 1 is 1.32 bits per heavy atom. The second-order valence-electron chi connectivity index (χ2n) is 7.72. The number of rotatable bonds is 4. The number of hydrogen-bond donors (Lipinski definition) is 2. The first kappa shape index (κ1) is 22.1. The summed E-state index contributed by atoms with van der Waals surface area (Å²) < 4.78 is 48.1. The molecule has 2 N–H and O–H groups in total. The molecule has 14 heteroatoms. The lowest BCUT2D eigenvalue weighted by atomic mass is 10.2. The number of aromatic amines is 1. The normalized spacial score (nSPS) is 17.9.